The van der Waals surface area contributed by atoms with Crippen molar-refractivity contribution in [3.63, 3.8) is 0 Å². The Bertz CT molecular complexity index is 881. The number of thioether (sulfide) groups is 1. The molecule has 0 aromatic heterocycles. The van der Waals surface area contributed by atoms with Gasteiger partial charge >= 0.3 is 5.97 Å². The largest absolute Gasteiger partial charge is 0.385 e. The number of hydrogen-bond donors (Lipinski definition) is 4. The number of carbonyl (C=O) groups is 3. The van der Waals surface area contributed by atoms with Gasteiger partial charge in [-0.2, -0.15) is 0 Å². The van der Waals surface area contributed by atoms with Crippen LogP contribution >= 0.6 is 11.8 Å². The fourth-order valence-corrected chi connectivity index (χ4v) is 4.34. The van der Waals surface area contributed by atoms with Crippen molar-refractivity contribution in [1.29, 1.82) is 0 Å². The second-order valence-electron chi connectivity index (χ2n) is 8.47. The van der Waals surface area contributed by atoms with Gasteiger partial charge in [-0.25, -0.2) is 4.79 Å². The number of amides is 2. The number of anilines is 2. The van der Waals surface area contributed by atoms with Crippen LogP contribution in [0.2, 0.25) is 0 Å². The SMILES string of the molecule is CCN1C(=O)C(CNc2cccc(NC(=O)C(C)(C)C)c2)SC1C(N)C(=O)O/N=C(\C)N. The van der Waals surface area contributed by atoms with E-state index in [9.17, 15) is 14.4 Å². The molecule has 1 aromatic carbocycles. The minimum absolute atomic E-state index is 0.0901. The van der Waals surface area contributed by atoms with Crippen LogP contribution in [0.5, 0.6) is 0 Å². The molecular weight excluding hydrogens is 432 g/mol. The zero-order valence-electron chi connectivity index (χ0n) is 19.0. The van der Waals surface area contributed by atoms with Crippen molar-refractivity contribution >= 4 is 46.8 Å². The Hall–Kier alpha value is -2.79. The minimum Gasteiger partial charge on any atom is -0.385 e. The fraction of sp³-hybridized carbons (Fsp3) is 0.524. The number of rotatable bonds is 8. The summed E-state index contributed by atoms with van der Waals surface area (Å²) >= 11 is 1.30. The summed E-state index contributed by atoms with van der Waals surface area (Å²) in [5, 5.41) is 8.54. The molecule has 1 aliphatic heterocycles. The molecule has 10 nitrogen and oxygen atoms in total. The lowest BCUT2D eigenvalue weighted by Gasteiger charge is -2.25. The van der Waals surface area contributed by atoms with Crippen LogP contribution in [0, 0.1) is 5.41 Å². The van der Waals surface area contributed by atoms with E-state index in [4.69, 9.17) is 16.3 Å². The van der Waals surface area contributed by atoms with Gasteiger partial charge in [-0.3, -0.25) is 9.59 Å². The van der Waals surface area contributed by atoms with E-state index in [1.54, 1.807) is 17.0 Å². The van der Waals surface area contributed by atoms with Gasteiger partial charge < -0.3 is 31.8 Å². The molecule has 0 saturated carbocycles. The average Bonchev–Trinajstić information content (AvgIpc) is 3.04. The molecule has 1 heterocycles. The van der Waals surface area contributed by atoms with Gasteiger partial charge in [-0.1, -0.05) is 32.0 Å². The van der Waals surface area contributed by atoms with Crippen LogP contribution in [0.4, 0.5) is 11.4 Å². The van der Waals surface area contributed by atoms with Gasteiger partial charge in [-0.15, -0.1) is 11.8 Å². The van der Waals surface area contributed by atoms with Crippen LogP contribution in [0.3, 0.4) is 0 Å². The lowest BCUT2D eigenvalue weighted by molar-refractivity contribution is -0.146. The van der Waals surface area contributed by atoms with Crippen molar-refractivity contribution in [3.05, 3.63) is 24.3 Å². The van der Waals surface area contributed by atoms with E-state index in [-0.39, 0.29) is 17.6 Å². The van der Waals surface area contributed by atoms with E-state index in [0.717, 1.165) is 5.69 Å². The summed E-state index contributed by atoms with van der Waals surface area (Å²) < 4.78 is 0. The van der Waals surface area contributed by atoms with Crippen molar-refractivity contribution in [2.45, 2.75) is 51.3 Å². The first-order chi connectivity index (χ1) is 14.9. The molecule has 2 rings (SSSR count). The van der Waals surface area contributed by atoms with E-state index >= 15 is 0 Å². The van der Waals surface area contributed by atoms with Crippen molar-refractivity contribution in [2.75, 3.05) is 23.7 Å². The molecule has 1 saturated heterocycles. The highest BCUT2D eigenvalue weighted by Gasteiger charge is 2.44. The number of nitrogens with one attached hydrogen (secondary N) is 2. The maximum absolute atomic E-state index is 12.8. The maximum Gasteiger partial charge on any atom is 0.354 e. The Labute approximate surface area is 192 Å². The Morgan fingerprint density at radius 3 is 2.56 bits per heavy atom. The molecule has 0 aliphatic carbocycles. The summed E-state index contributed by atoms with van der Waals surface area (Å²) in [6, 6.07) is 6.21. The topological polar surface area (TPSA) is 152 Å². The highest BCUT2D eigenvalue weighted by molar-refractivity contribution is 8.01. The first-order valence-electron chi connectivity index (χ1n) is 10.3. The summed E-state index contributed by atoms with van der Waals surface area (Å²) in [7, 11) is 0. The predicted molar refractivity (Wildman–Crippen MR) is 127 cm³/mol. The van der Waals surface area contributed by atoms with Gasteiger partial charge in [0.15, 0.2) is 0 Å². The first kappa shape index (κ1) is 25.5. The summed E-state index contributed by atoms with van der Waals surface area (Å²) in [6.07, 6.45) is 0. The summed E-state index contributed by atoms with van der Waals surface area (Å²) in [6.45, 7) is 9.56. The molecule has 1 aromatic rings. The van der Waals surface area contributed by atoms with E-state index in [0.29, 0.717) is 18.8 Å². The van der Waals surface area contributed by atoms with Crippen molar-refractivity contribution < 1.29 is 19.2 Å². The number of carbonyl (C=O) groups excluding carboxylic acids is 3. The number of likely N-dealkylation sites (N-methyl/N-ethyl adjacent to an activating group) is 1. The standard InChI is InChI=1S/C21H32N6O4S/c1-6-27-17(28)15(32-18(27)16(23)19(29)31-26-12(2)22)11-24-13-8-7-9-14(10-13)25-20(30)21(3,4)5/h7-10,15-16,18,24H,6,11,23H2,1-5H3,(H2,22,26)(H,25,30). The lowest BCUT2D eigenvalue weighted by Crippen LogP contribution is -2.49. The normalized spacial score (nSPS) is 20.1. The van der Waals surface area contributed by atoms with Gasteiger partial charge in [0.25, 0.3) is 0 Å². The molecule has 0 spiro atoms. The van der Waals surface area contributed by atoms with Crippen molar-refractivity contribution in [3.8, 4) is 0 Å². The van der Waals surface area contributed by atoms with E-state index in [1.165, 1.54) is 18.7 Å². The molecule has 0 radical (unpaired) electrons. The summed E-state index contributed by atoms with van der Waals surface area (Å²) in [5.74, 6) is -0.868. The molecule has 1 aliphatic rings. The number of oxime groups is 1. The molecule has 11 heteroatoms. The Kier molecular flexibility index (Phi) is 8.51. The zero-order chi connectivity index (χ0) is 24.1. The molecule has 3 unspecified atom stereocenters. The second-order valence-corrected chi connectivity index (χ2v) is 9.80. The number of hydrogen-bond acceptors (Lipinski definition) is 8. The average molecular weight is 465 g/mol. The number of amidine groups is 1. The molecule has 32 heavy (non-hydrogen) atoms. The second kappa shape index (κ2) is 10.7. The van der Waals surface area contributed by atoms with Gasteiger partial charge in [0.1, 0.15) is 22.5 Å². The summed E-state index contributed by atoms with van der Waals surface area (Å²) in [5.41, 5.74) is 12.3. The van der Waals surface area contributed by atoms with Crippen LogP contribution in [0.25, 0.3) is 0 Å². The summed E-state index contributed by atoms with van der Waals surface area (Å²) in [4.78, 5) is 43.5. The third-order valence-corrected chi connectivity index (χ3v) is 6.19. The quantitative estimate of drug-likeness (QED) is 0.196. The molecule has 1 fully saturated rings. The number of nitrogens with two attached hydrogens (primary N) is 2. The van der Waals surface area contributed by atoms with Crippen LogP contribution in [-0.2, 0) is 19.2 Å². The smallest absolute Gasteiger partial charge is 0.354 e. The fourth-order valence-electron chi connectivity index (χ4n) is 2.89. The third kappa shape index (κ3) is 6.60. The minimum atomic E-state index is -1.06. The monoisotopic (exact) mass is 464 g/mol. The molecular formula is C21H32N6O4S. The van der Waals surface area contributed by atoms with Crippen LogP contribution < -0.4 is 22.1 Å². The number of nitrogens with zero attached hydrogens (tertiary/aromatic N) is 2. The van der Waals surface area contributed by atoms with E-state index in [2.05, 4.69) is 15.8 Å². The predicted octanol–water partition coefficient (Wildman–Crippen LogP) is 1.54. The lowest BCUT2D eigenvalue weighted by atomic mass is 9.95. The maximum atomic E-state index is 12.8. The van der Waals surface area contributed by atoms with Gasteiger partial charge in [-0.05, 0) is 32.0 Å². The Morgan fingerprint density at radius 2 is 1.97 bits per heavy atom. The third-order valence-electron chi connectivity index (χ3n) is 4.66. The first-order valence-corrected chi connectivity index (χ1v) is 11.3. The van der Waals surface area contributed by atoms with Crippen LogP contribution in [0.15, 0.2) is 29.4 Å². The van der Waals surface area contributed by atoms with Crippen molar-refractivity contribution in [2.24, 2.45) is 22.0 Å². The zero-order valence-corrected chi connectivity index (χ0v) is 19.9. The molecule has 6 N–H and O–H groups in total. The van der Waals surface area contributed by atoms with Crippen LogP contribution in [0.1, 0.15) is 34.6 Å². The number of benzene rings is 1. The Balaban J connectivity index is 2.02. The highest BCUT2D eigenvalue weighted by Crippen LogP contribution is 2.33. The van der Waals surface area contributed by atoms with Gasteiger partial charge in [0.2, 0.25) is 11.8 Å². The van der Waals surface area contributed by atoms with Crippen LogP contribution in [-0.4, -0.2) is 58.3 Å². The van der Waals surface area contributed by atoms with Gasteiger partial charge in [0, 0.05) is 29.9 Å². The van der Waals surface area contributed by atoms with E-state index in [1.807, 2.05) is 39.8 Å². The molecule has 0 bridgehead atoms. The molecule has 2 amide bonds. The molecule has 3 atom stereocenters. The van der Waals surface area contributed by atoms with Crippen molar-refractivity contribution in [1.82, 2.24) is 4.90 Å². The Morgan fingerprint density at radius 1 is 1.31 bits per heavy atom. The highest BCUT2D eigenvalue weighted by atomic mass is 32.2. The molecule has 176 valence electrons. The van der Waals surface area contributed by atoms with E-state index < -0.39 is 28.0 Å². The van der Waals surface area contributed by atoms with Gasteiger partial charge in [0.05, 0.1) is 0 Å².